The molecule has 3 aromatic rings. The quantitative estimate of drug-likeness (QED) is 0.187. The molecule has 6 nitrogen and oxygen atoms in total. The fourth-order valence-electron chi connectivity index (χ4n) is 4.11. The molecule has 0 spiro atoms. The molecule has 0 aliphatic rings. The number of nitrogens with zero attached hydrogens (tertiary/aromatic N) is 1. The van der Waals surface area contributed by atoms with Crippen LogP contribution in [0.3, 0.4) is 0 Å². The second-order valence-electron chi connectivity index (χ2n) is 8.94. The second kappa shape index (κ2) is 14.0. The van der Waals surface area contributed by atoms with Crippen LogP contribution in [0, 0.1) is 0 Å². The Morgan fingerprint density at radius 2 is 1.74 bits per heavy atom. The molecular weight excluding hydrogens is 535 g/mol. The Hall–Kier alpha value is -3.56. The van der Waals surface area contributed by atoms with Crippen LogP contribution in [0.4, 0.5) is 13.2 Å². The third kappa shape index (κ3) is 9.60. The van der Waals surface area contributed by atoms with Gasteiger partial charge in [0, 0.05) is 26.6 Å². The summed E-state index contributed by atoms with van der Waals surface area (Å²) in [6.07, 6.45) is -4.88. The van der Waals surface area contributed by atoms with E-state index in [9.17, 15) is 22.8 Å². The molecule has 208 valence electrons. The topological polar surface area (TPSA) is 76.1 Å². The van der Waals surface area contributed by atoms with E-state index >= 15 is 0 Å². The summed E-state index contributed by atoms with van der Waals surface area (Å²) in [7, 11) is 0. The Kier molecular flexibility index (Phi) is 10.8. The number of carbonyl (C=O) groups excluding carboxylic acids is 1. The lowest BCUT2D eigenvalue weighted by molar-refractivity contribution is -0.148. The molecule has 0 saturated heterocycles. The van der Waals surface area contributed by atoms with Crippen molar-refractivity contribution in [3.8, 4) is 5.75 Å². The van der Waals surface area contributed by atoms with E-state index in [0.29, 0.717) is 29.8 Å². The monoisotopic (exact) mass is 563 g/mol. The third-order valence-corrected chi connectivity index (χ3v) is 6.27. The predicted octanol–water partition coefficient (Wildman–Crippen LogP) is 6.56. The maximum atomic E-state index is 13.4. The van der Waals surface area contributed by atoms with Crippen molar-refractivity contribution < 1.29 is 37.3 Å². The van der Waals surface area contributed by atoms with Gasteiger partial charge >= 0.3 is 18.1 Å². The van der Waals surface area contributed by atoms with Gasteiger partial charge in [-0.05, 0) is 41.3 Å². The van der Waals surface area contributed by atoms with E-state index in [1.807, 2.05) is 35.2 Å². The Morgan fingerprint density at radius 3 is 2.41 bits per heavy atom. The average molecular weight is 564 g/mol. The Bertz CT molecular complexity index is 1250. The molecule has 1 atom stereocenters. The summed E-state index contributed by atoms with van der Waals surface area (Å²) in [6, 6.07) is 19.7. The molecule has 0 amide bonds. The zero-order chi connectivity index (χ0) is 28.4. The summed E-state index contributed by atoms with van der Waals surface area (Å²) in [6.45, 7) is 2.26. The SMILES string of the molecule is CC(=O)OC(CN(CCCOc1cccc(CC(=O)O)c1)Cc1cccc(C(F)(F)F)c1Cl)c1ccccc1. The van der Waals surface area contributed by atoms with Gasteiger partial charge in [-0.25, -0.2) is 0 Å². The fourth-order valence-corrected chi connectivity index (χ4v) is 4.40. The standard InChI is InChI=1S/C29H29ClF3NO5/c1-20(35)39-26(22-9-3-2-4-10-22)19-34(18-23-11-6-13-25(28(23)30)29(31,32)33)14-7-15-38-24-12-5-8-21(16-24)17-27(36)37/h2-6,8-13,16,26H,7,14-15,17-19H2,1H3,(H,36,37). The maximum Gasteiger partial charge on any atom is 0.417 e. The minimum Gasteiger partial charge on any atom is -0.494 e. The number of carboxylic acids is 1. The van der Waals surface area contributed by atoms with Crippen LogP contribution >= 0.6 is 11.6 Å². The van der Waals surface area contributed by atoms with Crippen LogP contribution in [0.5, 0.6) is 5.75 Å². The number of hydrogen-bond donors (Lipinski definition) is 1. The minimum atomic E-state index is -4.59. The van der Waals surface area contributed by atoms with E-state index in [2.05, 4.69) is 0 Å². The lowest BCUT2D eigenvalue weighted by Gasteiger charge is -2.28. The lowest BCUT2D eigenvalue weighted by Crippen LogP contribution is -2.32. The molecule has 3 rings (SSSR count). The van der Waals surface area contributed by atoms with Crippen LogP contribution in [0.2, 0.25) is 5.02 Å². The van der Waals surface area contributed by atoms with Gasteiger partial charge in [-0.1, -0.05) is 66.2 Å². The highest BCUT2D eigenvalue weighted by atomic mass is 35.5. The number of alkyl halides is 3. The van der Waals surface area contributed by atoms with Crippen molar-refractivity contribution in [3.05, 3.63) is 100 Å². The number of carbonyl (C=O) groups is 2. The highest BCUT2D eigenvalue weighted by Gasteiger charge is 2.34. The molecule has 0 aliphatic carbocycles. The molecule has 0 heterocycles. The number of rotatable bonds is 13. The van der Waals surface area contributed by atoms with Crippen molar-refractivity contribution in [1.29, 1.82) is 0 Å². The van der Waals surface area contributed by atoms with E-state index < -0.39 is 29.8 Å². The van der Waals surface area contributed by atoms with E-state index in [4.69, 9.17) is 26.2 Å². The number of halogens is 4. The highest BCUT2D eigenvalue weighted by molar-refractivity contribution is 6.32. The van der Waals surface area contributed by atoms with E-state index in [1.165, 1.54) is 13.0 Å². The van der Waals surface area contributed by atoms with Gasteiger partial charge in [0.2, 0.25) is 0 Å². The fraction of sp³-hybridized carbons (Fsp3) is 0.310. The van der Waals surface area contributed by atoms with Crippen LogP contribution < -0.4 is 4.74 Å². The smallest absolute Gasteiger partial charge is 0.417 e. The Labute approximate surface area is 229 Å². The largest absolute Gasteiger partial charge is 0.494 e. The minimum absolute atomic E-state index is 0.0848. The molecule has 0 aliphatic heterocycles. The molecule has 1 unspecified atom stereocenters. The summed E-state index contributed by atoms with van der Waals surface area (Å²) in [5.41, 5.74) is 0.737. The summed E-state index contributed by atoms with van der Waals surface area (Å²) in [5.74, 6) is -0.912. The maximum absolute atomic E-state index is 13.4. The number of benzene rings is 3. The molecule has 0 radical (unpaired) electrons. The van der Waals surface area contributed by atoms with Gasteiger partial charge in [-0.15, -0.1) is 0 Å². The first-order valence-electron chi connectivity index (χ1n) is 12.3. The summed E-state index contributed by atoms with van der Waals surface area (Å²) < 4.78 is 51.7. The van der Waals surface area contributed by atoms with Crippen molar-refractivity contribution in [2.45, 2.75) is 38.6 Å². The molecule has 0 aromatic heterocycles. The molecule has 0 fully saturated rings. The number of hydrogen-bond acceptors (Lipinski definition) is 5. The van der Waals surface area contributed by atoms with Crippen molar-refractivity contribution in [3.63, 3.8) is 0 Å². The first-order valence-corrected chi connectivity index (χ1v) is 12.6. The zero-order valence-corrected chi connectivity index (χ0v) is 22.0. The van der Waals surface area contributed by atoms with Crippen LogP contribution in [0.1, 0.15) is 41.7 Å². The lowest BCUT2D eigenvalue weighted by atomic mass is 10.1. The molecule has 39 heavy (non-hydrogen) atoms. The molecule has 1 N–H and O–H groups in total. The van der Waals surface area contributed by atoms with E-state index in [1.54, 1.807) is 30.3 Å². The molecular formula is C29H29ClF3NO5. The van der Waals surface area contributed by atoms with Crippen LogP contribution in [-0.4, -0.2) is 41.6 Å². The van der Waals surface area contributed by atoms with E-state index in [0.717, 1.165) is 11.6 Å². The number of ether oxygens (including phenoxy) is 2. The third-order valence-electron chi connectivity index (χ3n) is 5.82. The summed E-state index contributed by atoms with van der Waals surface area (Å²) in [4.78, 5) is 24.7. The Balaban J connectivity index is 1.76. The molecule has 10 heteroatoms. The number of carboxylic acid groups (broad SMARTS) is 1. The van der Waals surface area contributed by atoms with Crippen LogP contribution in [0.15, 0.2) is 72.8 Å². The number of aliphatic carboxylic acids is 1. The van der Waals surface area contributed by atoms with Gasteiger partial charge < -0.3 is 14.6 Å². The molecule has 0 bridgehead atoms. The van der Waals surface area contributed by atoms with Gasteiger partial charge in [0.1, 0.15) is 11.9 Å². The van der Waals surface area contributed by atoms with Gasteiger partial charge in [0.05, 0.1) is 23.6 Å². The van der Waals surface area contributed by atoms with Crippen molar-refractivity contribution in [2.24, 2.45) is 0 Å². The van der Waals surface area contributed by atoms with Gasteiger partial charge in [-0.3, -0.25) is 14.5 Å². The van der Waals surface area contributed by atoms with Crippen molar-refractivity contribution >= 4 is 23.5 Å². The van der Waals surface area contributed by atoms with Crippen molar-refractivity contribution in [2.75, 3.05) is 19.7 Å². The highest BCUT2D eigenvalue weighted by Crippen LogP contribution is 2.36. The Morgan fingerprint density at radius 1 is 1.03 bits per heavy atom. The molecule has 3 aromatic carbocycles. The van der Waals surface area contributed by atoms with Gasteiger partial charge in [-0.2, -0.15) is 13.2 Å². The summed E-state index contributed by atoms with van der Waals surface area (Å²) in [5, 5.41) is 8.62. The van der Waals surface area contributed by atoms with Crippen molar-refractivity contribution in [1.82, 2.24) is 4.90 Å². The van der Waals surface area contributed by atoms with Crippen LogP contribution in [0.25, 0.3) is 0 Å². The second-order valence-corrected chi connectivity index (χ2v) is 9.32. The predicted molar refractivity (Wildman–Crippen MR) is 141 cm³/mol. The van der Waals surface area contributed by atoms with Gasteiger partial charge in [0.25, 0.3) is 0 Å². The average Bonchev–Trinajstić information content (AvgIpc) is 2.86. The number of esters is 1. The normalized spacial score (nSPS) is 12.3. The van der Waals surface area contributed by atoms with Crippen LogP contribution in [-0.2, 0) is 33.5 Å². The molecule has 0 saturated carbocycles. The summed E-state index contributed by atoms with van der Waals surface area (Å²) >= 11 is 6.17. The van der Waals surface area contributed by atoms with Gasteiger partial charge in [0.15, 0.2) is 0 Å². The first-order chi connectivity index (χ1) is 18.5. The van der Waals surface area contributed by atoms with E-state index in [-0.39, 0.29) is 31.1 Å². The zero-order valence-electron chi connectivity index (χ0n) is 21.3. The first kappa shape index (κ1) is 30.0.